The lowest BCUT2D eigenvalue weighted by Crippen LogP contribution is -2.03. The second-order valence-electron chi connectivity index (χ2n) is 4.49. The van der Waals surface area contributed by atoms with E-state index in [1.165, 1.54) is 0 Å². The third kappa shape index (κ3) is 3.48. The van der Waals surface area contributed by atoms with Gasteiger partial charge in [-0.3, -0.25) is 4.98 Å². The van der Waals surface area contributed by atoms with Crippen LogP contribution in [0.25, 0.3) is 0 Å². The zero-order valence-corrected chi connectivity index (χ0v) is 11.7. The zero-order chi connectivity index (χ0) is 14.4. The van der Waals surface area contributed by atoms with Crippen LogP contribution in [0, 0.1) is 0 Å². The summed E-state index contributed by atoms with van der Waals surface area (Å²) in [6.45, 7) is 0. The Morgan fingerprint density at radius 2 is 2.00 bits per heavy atom. The fourth-order valence-corrected chi connectivity index (χ4v) is 2.09. The second kappa shape index (κ2) is 6.91. The Morgan fingerprint density at radius 3 is 2.65 bits per heavy atom. The summed E-state index contributed by atoms with van der Waals surface area (Å²) in [5.74, 6) is 1.59. The van der Waals surface area contributed by atoms with Gasteiger partial charge in [0.05, 0.1) is 26.0 Å². The first-order valence-corrected chi connectivity index (χ1v) is 6.54. The Balaban J connectivity index is 2.06. The van der Waals surface area contributed by atoms with Gasteiger partial charge >= 0.3 is 0 Å². The Labute approximate surface area is 119 Å². The van der Waals surface area contributed by atoms with Crippen molar-refractivity contribution in [1.29, 1.82) is 0 Å². The Hall–Kier alpha value is -2.07. The first kappa shape index (κ1) is 14.3. The van der Waals surface area contributed by atoms with E-state index in [0.29, 0.717) is 18.5 Å². The van der Waals surface area contributed by atoms with Gasteiger partial charge in [-0.2, -0.15) is 0 Å². The van der Waals surface area contributed by atoms with Gasteiger partial charge in [0.25, 0.3) is 0 Å². The summed E-state index contributed by atoms with van der Waals surface area (Å²) < 4.78 is 10.5. The Kier molecular flexibility index (Phi) is 4.96. The maximum absolute atomic E-state index is 10.1. The largest absolute Gasteiger partial charge is 0.497 e. The predicted molar refractivity (Wildman–Crippen MR) is 77.1 cm³/mol. The van der Waals surface area contributed by atoms with E-state index < -0.39 is 6.10 Å². The van der Waals surface area contributed by atoms with Gasteiger partial charge in [0.1, 0.15) is 11.5 Å². The van der Waals surface area contributed by atoms with Crippen LogP contribution < -0.4 is 9.47 Å². The first-order chi connectivity index (χ1) is 9.74. The number of aryl methyl sites for hydroxylation is 1. The van der Waals surface area contributed by atoms with Crippen molar-refractivity contribution in [1.82, 2.24) is 4.98 Å². The van der Waals surface area contributed by atoms with Crippen molar-refractivity contribution in [3.05, 3.63) is 53.9 Å². The van der Waals surface area contributed by atoms with Gasteiger partial charge in [0.2, 0.25) is 0 Å². The molecule has 2 aromatic rings. The molecule has 0 radical (unpaired) electrons. The minimum absolute atomic E-state index is 0.577. The van der Waals surface area contributed by atoms with E-state index in [0.717, 1.165) is 17.1 Å². The van der Waals surface area contributed by atoms with Crippen molar-refractivity contribution in [2.24, 2.45) is 0 Å². The number of aliphatic hydroxyl groups excluding tert-OH is 1. The molecule has 0 saturated carbocycles. The van der Waals surface area contributed by atoms with Crippen LogP contribution in [0.2, 0.25) is 0 Å². The van der Waals surface area contributed by atoms with Crippen molar-refractivity contribution in [3.63, 3.8) is 0 Å². The molecule has 1 aromatic heterocycles. The van der Waals surface area contributed by atoms with Crippen LogP contribution in [0.15, 0.2) is 42.6 Å². The molecule has 0 spiro atoms. The summed E-state index contributed by atoms with van der Waals surface area (Å²) in [6, 6.07) is 11.2. The minimum atomic E-state index is -0.577. The number of ether oxygens (including phenoxy) is 2. The van der Waals surface area contributed by atoms with E-state index >= 15 is 0 Å². The number of nitrogens with zero attached hydrogens (tertiary/aromatic N) is 1. The summed E-state index contributed by atoms with van der Waals surface area (Å²) in [5.41, 5.74) is 1.70. The lowest BCUT2D eigenvalue weighted by Gasteiger charge is -2.13. The van der Waals surface area contributed by atoms with E-state index in [2.05, 4.69) is 4.98 Å². The van der Waals surface area contributed by atoms with E-state index in [-0.39, 0.29) is 0 Å². The fourth-order valence-electron chi connectivity index (χ4n) is 2.09. The lowest BCUT2D eigenvalue weighted by molar-refractivity contribution is 0.163. The quantitative estimate of drug-likeness (QED) is 0.879. The van der Waals surface area contributed by atoms with Gasteiger partial charge in [0, 0.05) is 6.20 Å². The minimum Gasteiger partial charge on any atom is -0.497 e. The maximum Gasteiger partial charge on any atom is 0.122 e. The number of methoxy groups -OCH3 is 2. The third-order valence-corrected chi connectivity index (χ3v) is 3.20. The van der Waals surface area contributed by atoms with E-state index in [9.17, 15) is 5.11 Å². The van der Waals surface area contributed by atoms with Crippen LogP contribution in [-0.2, 0) is 6.42 Å². The average molecular weight is 273 g/mol. The zero-order valence-electron chi connectivity index (χ0n) is 11.7. The van der Waals surface area contributed by atoms with Crippen molar-refractivity contribution >= 4 is 0 Å². The van der Waals surface area contributed by atoms with Crippen LogP contribution in [-0.4, -0.2) is 24.3 Å². The molecule has 1 N–H and O–H groups in total. The SMILES string of the molecule is COc1ccc(OC)c(CC[C@@H](O)c2ccccn2)c1. The summed E-state index contributed by atoms with van der Waals surface area (Å²) in [4.78, 5) is 4.16. The van der Waals surface area contributed by atoms with Crippen molar-refractivity contribution in [2.45, 2.75) is 18.9 Å². The molecule has 1 atom stereocenters. The monoisotopic (exact) mass is 273 g/mol. The Morgan fingerprint density at radius 1 is 1.15 bits per heavy atom. The maximum atomic E-state index is 10.1. The highest BCUT2D eigenvalue weighted by Gasteiger charge is 2.11. The molecule has 0 aliphatic rings. The topological polar surface area (TPSA) is 51.6 Å². The van der Waals surface area contributed by atoms with Crippen molar-refractivity contribution < 1.29 is 14.6 Å². The number of pyridine rings is 1. The molecule has 0 aliphatic carbocycles. The van der Waals surface area contributed by atoms with Crippen LogP contribution >= 0.6 is 0 Å². The highest BCUT2D eigenvalue weighted by Crippen LogP contribution is 2.27. The second-order valence-corrected chi connectivity index (χ2v) is 4.49. The number of aromatic nitrogens is 1. The number of rotatable bonds is 6. The smallest absolute Gasteiger partial charge is 0.122 e. The van der Waals surface area contributed by atoms with Crippen molar-refractivity contribution in [2.75, 3.05) is 14.2 Å². The van der Waals surface area contributed by atoms with E-state index in [1.54, 1.807) is 20.4 Å². The van der Waals surface area contributed by atoms with Crippen LogP contribution in [0.1, 0.15) is 23.8 Å². The molecule has 106 valence electrons. The summed E-state index contributed by atoms with van der Waals surface area (Å²) >= 11 is 0. The van der Waals surface area contributed by atoms with Crippen molar-refractivity contribution in [3.8, 4) is 11.5 Å². The number of hydrogen-bond donors (Lipinski definition) is 1. The Bertz CT molecular complexity index is 543. The number of aliphatic hydroxyl groups is 1. The fraction of sp³-hybridized carbons (Fsp3) is 0.312. The van der Waals surface area contributed by atoms with Crippen LogP contribution in [0.3, 0.4) is 0 Å². The highest BCUT2D eigenvalue weighted by atomic mass is 16.5. The molecular formula is C16H19NO3. The standard InChI is InChI=1S/C16H19NO3/c1-19-13-7-9-16(20-2)12(11-13)6-8-15(18)14-5-3-4-10-17-14/h3-5,7,9-11,15,18H,6,8H2,1-2H3/t15-/m1/s1. The molecule has 4 heteroatoms. The predicted octanol–water partition coefficient (Wildman–Crippen LogP) is 2.77. The summed E-state index contributed by atoms with van der Waals surface area (Å²) in [7, 11) is 3.27. The van der Waals surface area contributed by atoms with E-state index in [4.69, 9.17) is 9.47 Å². The van der Waals surface area contributed by atoms with Gasteiger partial charge in [-0.15, -0.1) is 0 Å². The molecular weight excluding hydrogens is 254 g/mol. The molecule has 0 fully saturated rings. The van der Waals surface area contributed by atoms with Crippen LogP contribution in [0.4, 0.5) is 0 Å². The van der Waals surface area contributed by atoms with Gasteiger partial charge < -0.3 is 14.6 Å². The van der Waals surface area contributed by atoms with Gasteiger partial charge in [-0.25, -0.2) is 0 Å². The molecule has 0 unspecified atom stereocenters. The lowest BCUT2D eigenvalue weighted by atomic mass is 10.0. The average Bonchev–Trinajstić information content (AvgIpc) is 2.53. The number of hydrogen-bond acceptors (Lipinski definition) is 4. The molecule has 20 heavy (non-hydrogen) atoms. The van der Waals surface area contributed by atoms with Gasteiger partial charge in [-0.1, -0.05) is 6.07 Å². The summed E-state index contributed by atoms with van der Waals surface area (Å²) in [6.07, 6.45) is 2.38. The van der Waals surface area contributed by atoms with Gasteiger partial charge in [-0.05, 0) is 48.7 Å². The first-order valence-electron chi connectivity index (χ1n) is 6.54. The molecule has 1 heterocycles. The number of benzene rings is 1. The molecule has 0 aliphatic heterocycles. The normalized spacial score (nSPS) is 11.9. The summed E-state index contributed by atoms with van der Waals surface area (Å²) in [5, 5.41) is 10.1. The molecule has 0 amide bonds. The van der Waals surface area contributed by atoms with E-state index in [1.807, 2.05) is 36.4 Å². The highest BCUT2D eigenvalue weighted by molar-refractivity contribution is 5.40. The van der Waals surface area contributed by atoms with Crippen LogP contribution in [0.5, 0.6) is 11.5 Å². The van der Waals surface area contributed by atoms with Gasteiger partial charge in [0.15, 0.2) is 0 Å². The molecule has 0 saturated heterocycles. The molecule has 4 nitrogen and oxygen atoms in total. The molecule has 0 bridgehead atoms. The third-order valence-electron chi connectivity index (χ3n) is 3.20. The molecule has 1 aromatic carbocycles. The molecule has 2 rings (SSSR count).